The van der Waals surface area contributed by atoms with Gasteiger partial charge in [-0.05, 0) is 43.5 Å². The van der Waals surface area contributed by atoms with Crippen LogP contribution in [0.3, 0.4) is 0 Å². The highest BCUT2D eigenvalue weighted by atomic mass is 16.5. The van der Waals surface area contributed by atoms with Crippen LogP contribution >= 0.6 is 0 Å². The quantitative estimate of drug-likeness (QED) is 0.792. The number of rotatable bonds is 2. The third-order valence-electron chi connectivity index (χ3n) is 4.67. The third kappa shape index (κ3) is 2.68. The van der Waals surface area contributed by atoms with Gasteiger partial charge in [-0.2, -0.15) is 0 Å². The van der Waals surface area contributed by atoms with E-state index in [0.717, 1.165) is 16.8 Å². The number of carbonyl (C=O) groups excluding carboxylic acids is 2. The van der Waals surface area contributed by atoms with Crippen LogP contribution in [0.25, 0.3) is 0 Å². The molecule has 0 spiro atoms. The molecule has 24 heavy (non-hydrogen) atoms. The highest BCUT2D eigenvalue weighted by Gasteiger charge is 2.37. The van der Waals surface area contributed by atoms with E-state index in [1.165, 1.54) is 7.11 Å². The molecule has 0 aromatic heterocycles. The van der Waals surface area contributed by atoms with Crippen molar-refractivity contribution in [1.82, 2.24) is 0 Å². The van der Waals surface area contributed by atoms with Crippen molar-refractivity contribution in [3.8, 4) is 0 Å². The molecule has 0 saturated carbocycles. The van der Waals surface area contributed by atoms with Gasteiger partial charge in [0.2, 0.25) is 0 Å². The SMILES string of the molecule is COC(=O)C1CC(C)N(C(=O)c2ccccc2C)c2ccccc21. The normalized spacial score (nSPS) is 19.5. The fourth-order valence-corrected chi connectivity index (χ4v) is 3.43. The van der Waals surface area contributed by atoms with Crippen molar-refractivity contribution in [3.63, 3.8) is 0 Å². The minimum Gasteiger partial charge on any atom is -0.469 e. The highest BCUT2D eigenvalue weighted by Crippen LogP contribution is 2.39. The minimum atomic E-state index is -0.331. The maximum absolute atomic E-state index is 13.1. The molecule has 0 aliphatic carbocycles. The van der Waals surface area contributed by atoms with Crippen LogP contribution in [0.2, 0.25) is 0 Å². The van der Waals surface area contributed by atoms with Crippen LogP contribution in [0, 0.1) is 6.92 Å². The summed E-state index contributed by atoms with van der Waals surface area (Å²) in [7, 11) is 1.40. The van der Waals surface area contributed by atoms with Gasteiger partial charge >= 0.3 is 5.97 Å². The third-order valence-corrected chi connectivity index (χ3v) is 4.67. The number of anilines is 1. The van der Waals surface area contributed by atoms with Crippen molar-refractivity contribution < 1.29 is 14.3 Å². The summed E-state index contributed by atoms with van der Waals surface area (Å²) in [6, 6.07) is 15.1. The number of esters is 1. The molecule has 3 rings (SSSR count). The predicted molar refractivity (Wildman–Crippen MR) is 93.3 cm³/mol. The van der Waals surface area contributed by atoms with Gasteiger partial charge in [0.15, 0.2) is 0 Å². The number of fused-ring (bicyclic) bond motifs is 1. The van der Waals surface area contributed by atoms with Crippen LogP contribution in [0.5, 0.6) is 0 Å². The van der Waals surface area contributed by atoms with Gasteiger partial charge in [0.1, 0.15) is 0 Å². The minimum absolute atomic E-state index is 0.0311. The molecule has 4 heteroatoms. The van der Waals surface area contributed by atoms with Crippen LogP contribution in [0.4, 0.5) is 5.69 Å². The standard InChI is InChI=1S/C20H21NO3/c1-13-8-4-5-9-15(13)19(22)21-14(2)12-17(20(23)24-3)16-10-6-7-11-18(16)21/h4-11,14,17H,12H2,1-3H3. The fraction of sp³-hybridized carbons (Fsp3) is 0.300. The zero-order valence-electron chi connectivity index (χ0n) is 14.2. The molecule has 2 atom stereocenters. The number of methoxy groups -OCH3 is 1. The van der Waals surface area contributed by atoms with Crippen molar-refractivity contribution in [2.24, 2.45) is 0 Å². The number of carbonyl (C=O) groups is 2. The van der Waals surface area contributed by atoms with Gasteiger partial charge in [0, 0.05) is 17.3 Å². The monoisotopic (exact) mass is 323 g/mol. The van der Waals surface area contributed by atoms with Crippen LogP contribution in [-0.2, 0) is 9.53 Å². The Morgan fingerprint density at radius 3 is 2.46 bits per heavy atom. The molecular weight excluding hydrogens is 302 g/mol. The van der Waals surface area contributed by atoms with Gasteiger partial charge in [-0.25, -0.2) is 0 Å². The molecule has 0 N–H and O–H groups in total. The Labute approximate surface area is 142 Å². The first-order valence-electron chi connectivity index (χ1n) is 8.10. The molecule has 1 heterocycles. The van der Waals surface area contributed by atoms with E-state index in [4.69, 9.17) is 4.74 Å². The molecule has 2 unspecified atom stereocenters. The second-order valence-corrected chi connectivity index (χ2v) is 6.21. The number of ether oxygens (including phenoxy) is 1. The molecular formula is C20H21NO3. The molecule has 1 amide bonds. The summed E-state index contributed by atoms with van der Waals surface area (Å²) in [5, 5.41) is 0. The lowest BCUT2D eigenvalue weighted by Crippen LogP contribution is -2.44. The number of para-hydroxylation sites is 1. The van der Waals surface area contributed by atoms with Crippen LogP contribution in [0.15, 0.2) is 48.5 Å². The van der Waals surface area contributed by atoms with Gasteiger partial charge in [-0.3, -0.25) is 9.59 Å². The largest absolute Gasteiger partial charge is 0.469 e. The first kappa shape index (κ1) is 16.2. The summed E-state index contributed by atoms with van der Waals surface area (Å²) in [4.78, 5) is 27.1. The summed E-state index contributed by atoms with van der Waals surface area (Å²) >= 11 is 0. The highest BCUT2D eigenvalue weighted by molar-refractivity contribution is 6.08. The van der Waals surface area contributed by atoms with E-state index in [1.807, 2.05) is 62.4 Å². The van der Waals surface area contributed by atoms with Crippen molar-refractivity contribution in [1.29, 1.82) is 0 Å². The van der Waals surface area contributed by atoms with Gasteiger partial charge in [0.05, 0.1) is 13.0 Å². The van der Waals surface area contributed by atoms with E-state index in [2.05, 4.69) is 0 Å². The smallest absolute Gasteiger partial charge is 0.313 e. The zero-order valence-corrected chi connectivity index (χ0v) is 14.2. The number of amides is 1. The van der Waals surface area contributed by atoms with E-state index < -0.39 is 0 Å². The summed E-state index contributed by atoms with van der Waals surface area (Å²) < 4.78 is 4.95. The molecule has 124 valence electrons. The predicted octanol–water partition coefficient (Wildman–Crippen LogP) is 3.69. The molecule has 0 saturated heterocycles. The Hall–Kier alpha value is -2.62. The van der Waals surface area contributed by atoms with E-state index >= 15 is 0 Å². The first-order chi connectivity index (χ1) is 11.5. The van der Waals surface area contributed by atoms with Crippen LogP contribution < -0.4 is 4.90 Å². The van der Waals surface area contributed by atoms with Crippen molar-refractivity contribution in [2.75, 3.05) is 12.0 Å². The molecule has 4 nitrogen and oxygen atoms in total. The second-order valence-electron chi connectivity index (χ2n) is 6.21. The average molecular weight is 323 g/mol. The molecule has 2 aromatic carbocycles. The lowest BCUT2D eigenvalue weighted by Gasteiger charge is -2.38. The number of benzene rings is 2. The van der Waals surface area contributed by atoms with E-state index in [1.54, 1.807) is 4.90 Å². The van der Waals surface area contributed by atoms with Crippen molar-refractivity contribution in [2.45, 2.75) is 32.2 Å². The van der Waals surface area contributed by atoms with E-state index in [-0.39, 0.29) is 23.8 Å². The number of aryl methyl sites for hydroxylation is 1. The molecule has 0 radical (unpaired) electrons. The molecule has 0 fully saturated rings. The summed E-state index contributed by atoms with van der Waals surface area (Å²) in [5.41, 5.74) is 3.28. The van der Waals surface area contributed by atoms with Gasteiger partial charge in [-0.1, -0.05) is 36.4 Å². The molecule has 0 bridgehead atoms. The molecule has 2 aromatic rings. The van der Waals surface area contributed by atoms with E-state index in [0.29, 0.717) is 12.0 Å². The van der Waals surface area contributed by atoms with Gasteiger partial charge < -0.3 is 9.64 Å². The second kappa shape index (κ2) is 6.48. The Bertz CT molecular complexity index is 784. The molecule has 1 aliphatic heterocycles. The Morgan fingerprint density at radius 2 is 1.75 bits per heavy atom. The topological polar surface area (TPSA) is 46.6 Å². The lowest BCUT2D eigenvalue weighted by atomic mass is 9.85. The number of nitrogens with zero attached hydrogens (tertiary/aromatic N) is 1. The lowest BCUT2D eigenvalue weighted by molar-refractivity contribution is -0.142. The van der Waals surface area contributed by atoms with Gasteiger partial charge in [0.25, 0.3) is 5.91 Å². The van der Waals surface area contributed by atoms with Crippen LogP contribution in [-0.4, -0.2) is 25.0 Å². The Morgan fingerprint density at radius 1 is 1.08 bits per heavy atom. The average Bonchev–Trinajstić information content (AvgIpc) is 2.60. The Balaban J connectivity index is 2.07. The molecule has 1 aliphatic rings. The van der Waals surface area contributed by atoms with Crippen molar-refractivity contribution >= 4 is 17.6 Å². The summed E-state index contributed by atoms with van der Waals surface area (Å²) in [6.45, 7) is 3.91. The number of hydrogen-bond acceptors (Lipinski definition) is 3. The van der Waals surface area contributed by atoms with Crippen molar-refractivity contribution in [3.05, 3.63) is 65.2 Å². The Kier molecular flexibility index (Phi) is 4.38. The van der Waals surface area contributed by atoms with Gasteiger partial charge in [-0.15, -0.1) is 0 Å². The summed E-state index contributed by atoms with van der Waals surface area (Å²) in [5.74, 6) is -0.615. The summed E-state index contributed by atoms with van der Waals surface area (Å²) in [6.07, 6.45) is 0.557. The van der Waals surface area contributed by atoms with Crippen LogP contribution in [0.1, 0.15) is 40.7 Å². The maximum atomic E-state index is 13.1. The van der Waals surface area contributed by atoms with E-state index in [9.17, 15) is 9.59 Å². The number of hydrogen-bond donors (Lipinski definition) is 0. The fourth-order valence-electron chi connectivity index (χ4n) is 3.43. The maximum Gasteiger partial charge on any atom is 0.313 e. The first-order valence-corrected chi connectivity index (χ1v) is 8.10. The zero-order chi connectivity index (χ0) is 17.3.